The molecule has 6 heteroatoms. The zero-order valence-electron chi connectivity index (χ0n) is 16.3. The second-order valence-electron chi connectivity index (χ2n) is 7.43. The summed E-state index contributed by atoms with van der Waals surface area (Å²) >= 11 is 0. The van der Waals surface area contributed by atoms with Gasteiger partial charge in [-0.15, -0.1) is 0 Å². The Morgan fingerprint density at radius 1 is 1.14 bits per heavy atom. The first kappa shape index (κ1) is 21.8. The van der Waals surface area contributed by atoms with Gasteiger partial charge < -0.3 is 15.5 Å². The Balaban J connectivity index is 1.88. The molecule has 6 nitrogen and oxygen atoms in total. The van der Waals surface area contributed by atoms with Crippen LogP contribution in [0.1, 0.15) is 57.4 Å². The molecule has 0 bridgehead atoms. The van der Waals surface area contributed by atoms with E-state index in [4.69, 9.17) is 5.11 Å². The minimum Gasteiger partial charge on any atom is -0.481 e. The van der Waals surface area contributed by atoms with Crippen LogP contribution in [-0.2, 0) is 14.4 Å². The van der Waals surface area contributed by atoms with Gasteiger partial charge in [0.25, 0.3) is 0 Å². The van der Waals surface area contributed by atoms with Crippen molar-refractivity contribution in [2.24, 2.45) is 11.8 Å². The molecule has 1 aliphatic carbocycles. The summed E-state index contributed by atoms with van der Waals surface area (Å²) in [4.78, 5) is 33.8. The van der Waals surface area contributed by atoms with Gasteiger partial charge in [-0.1, -0.05) is 43.5 Å². The summed E-state index contributed by atoms with van der Waals surface area (Å²) in [5.41, 5.74) is 1.66. The van der Waals surface area contributed by atoms with Crippen LogP contribution in [0.4, 0.5) is 5.69 Å². The number of carboxylic acids is 1. The number of carbonyl (C=O) groups excluding carboxylic acids is 2. The number of benzene rings is 1. The van der Waals surface area contributed by atoms with Crippen LogP contribution in [0.25, 0.3) is 6.08 Å². The van der Waals surface area contributed by atoms with Crippen molar-refractivity contribution in [2.75, 3.05) is 5.32 Å². The fraction of sp³-hybridized carbons (Fsp3) is 0.500. The molecule has 0 aromatic heterocycles. The molecule has 1 fully saturated rings. The molecule has 1 aromatic rings. The molecule has 3 N–H and O–H groups in total. The first-order chi connectivity index (χ1) is 13.4. The first-order valence-corrected chi connectivity index (χ1v) is 9.85. The second kappa shape index (κ2) is 10.8. The Hall–Kier alpha value is -2.47. The van der Waals surface area contributed by atoms with Gasteiger partial charge in [0.1, 0.15) is 5.78 Å². The lowest BCUT2D eigenvalue weighted by atomic mass is 9.88. The van der Waals surface area contributed by atoms with E-state index in [0.717, 1.165) is 36.9 Å². The average molecular weight is 387 g/mol. The van der Waals surface area contributed by atoms with Gasteiger partial charge in [0.2, 0.25) is 5.91 Å². The van der Waals surface area contributed by atoms with Crippen molar-refractivity contribution in [1.29, 1.82) is 0 Å². The molecule has 0 heterocycles. The normalized spacial score (nSPS) is 21.9. The predicted molar refractivity (Wildman–Crippen MR) is 108 cm³/mol. The second-order valence-corrected chi connectivity index (χ2v) is 7.43. The number of carbonyl (C=O) groups is 3. The average Bonchev–Trinajstić information content (AvgIpc) is 2.89. The quantitative estimate of drug-likeness (QED) is 0.532. The summed E-state index contributed by atoms with van der Waals surface area (Å²) in [5, 5.41) is 21.6. The molecule has 152 valence electrons. The lowest BCUT2D eigenvalue weighted by Crippen LogP contribution is -2.18. The van der Waals surface area contributed by atoms with Crippen molar-refractivity contribution in [2.45, 2.75) is 58.0 Å². The number of ketones is 1. The number of hydrogen-bond acceptors (Lipinski definition) is 4. The van der Waals surface area contributed by atoms with E-state index < -0.39 is 12.1 Å². The van der Waals surface area contributed by atoms with Crippen LogP contribution in [0.3, 0.4) is 0 Å². The third kappa shape index (κ3) is 6.93. The van der Waals surface area contributed by atoms with Crippen LogP contribution >= 0.6 is 0 Å². The van der Waals surface area contributed by atoms with Gasteiger partial charge in [-0.05, 0) is 30.5 Å². The summed E-state index contributed by atoms with van der Waals surface area (Å²) in [7, 11) is 0. The van der Waals surface area contributed by atoms with Crippen LogP contribution in [0, 0.1) is 11.8 Å². The van der Waals surface area contributed by atoms with E-state index >= 15 is 0 Å². The summed E-state index contributed by atoms with van der Waals surface area (Å²) in [5.74, 6) is -1.16. The molecule has 1 aromatic carbocycles. The van der Waals surface area contributed by atoms with E-state index in [1.165, 1.54) is 6.92 Å². The monoisotopic (exact) mass is 387 g/mol. The number of carboxylic acid groups (broad SMARTS) is 1. The van der Waals surface area contributed by atoms with Crippen LogP contribution in [0.5, 0.6) is 0 Å². The highest BCUT2D eigenvalue weighted by Gasteiger charge is 2.39. The summed E-state index contributed by atoms with van der Waals surface area (Å²) < 4.78 is 0. The molecule has 1 aliphatic rings. The minimum absolute atomic E-state index is 0.105. The van der Waals surface area contributed by atoms with Gasteiger partial charge in [0.05, 0.1) is 6.10 Å². The van der Waals surface area contributed by atoms with Gasteiger partial charge in [-0.3, -0.25) is 14.4 Å². The topological polar surface area (TPSA) is 104 Å². The maximum atomic E-state index is 12.3. The molecule has 0 aliphatic heterocycles. The number of rotatable bonds is 10. The Morgan fingerprint density at radius 2 is 1.82 bits per heavy atom. The SMILES string of the molecule is CC(=O)Nc1ccc(C=CC2C(O)CC(=O)C2CCCCCCC(=O)O)cc1. The molecular formula is C22H29NO5. The van der Waals surface area contributed by atoms with E-state index in [9.17, 15) is 19.5 Å². The van der Waals surface area contributed by atoms with Crippen LogP contribution in [-0.4, -0.2) is 34.0 Å². The lowest BCUT2D eigenvalue weighted by Gasteiger charge is -2.17. The summed E-state index contributed by atoms with van der Waals surface area (Å²) in [6.07, 6.45) is 7.53. The number of anilines is 1. The minimum atomic E-state index is -0.774. The zero-order chi connectivity index (χ0) is 20.5. The van der Waals surface area contributed by atoms with Gasteiger partial charge in [0.15, 0.2) is 0 Å². The van der Waals surface area contributed by atoms with Crippen LogP contribution in [0.15, 0.2) is 30.3 Å². The lowest BCUT2D eigenvalue weighted by molar-refractivity contribution is -0.137. The fourth-order valence-corrected chi connectivity index (χ4v) is 3.69. The van der Waals surface area contributed by atoms with Crippen molar-refractivity contribution < 1.29 is 24.6 Å². The van der Waals surface area contributed by atoms with Crippen molar-refractivity contribution >= 4 is 29.4 Å². The van der Waals surface area contributed by atoms with Gasteiger partial charge in [-0.25, -0.2) is 0 Å². The van der Waals surface area contributed by atoms with E-state index in [1.54, 1.807) is 0 Å². The Morgan fingerprint density at radius 3 is 2.46 bits per heavy atom. The van der Waals surface area contributed by atoms with Gasteiger partial charge in [-0.2, -0.15) is 0 Å². The van der Waals surface area contributed by atoms with Crippen LogP contribution < -0.4 is 5.32 Å². The van der Waals surface area contributed by atoms with Gasteiger partial charge in [0, 0.05) is 37.3 Å². The molecule has 2 rings (SSSR count). The maximum absolute atomic E-state index is 12.3. The van der Waals surface area contributed by atoms with E-state index in [0.29, 0.717) is 6.42 Å². The molecule has 1 amide bonds. The Labute approximate surface area is 165 Å². The standard InChI is InChI=1S/C22H29NO5/c1-15(24)23-17-11-8-16(9-12-17)10-13-19-18(20(25)14-21(19)26)6-4-2-3-5-7-22(27)28/h8-13,18-19,21,26H,2-7,14H2,1H3,(H,23,24)(H,27,28). The molecule has 0 spiro atoms. The van der Waals surface area contributed by atoms with Crippen molar-refractivity contribution in [3.63, 3.8) is 0 Å². The van der Waals surface area contributed by atoms with E-state index in [1.807, 2.05) is 36.4 Å². The molecule has 0 radical (unpaired) electrons. The van der Waals surface area contributed by atoms with E-state index in [-0.39, 0.29) is 36.4 Å². The highest BCUT2D eigenvalue weighted by Crippen LogP contribution is 2.34. The molecule has 3 unspecified atom stereocenters. The molecule has 0 saturated heterocycles. The molecule has 1 saturated carbocycles. The number of nitrogens with one attached hydrogen (secondary N) is 1. The van der Waals surface area contributed by atoms with Crippen molar-refractivity contribution in [3.05, 3.63) is 35.9 Å². The maximum Gasteiger partial charge on any atom is 0.303 e. The van der Waals surface area contributed by atoms with Crippen molar-refractivity contribution in [3.8, 4) is 0 Å². The summed E-state index contributed by atoms with van der Waals surface area (Å²) in [6.45, 7) is 1.46. The highest BCUT2D eigenvalue weighted by molar-refractivity contribution is 5.88. The molecular weight excluding hydrogens is 358 g/mol. The fourth-order valence-electron chi connectivity index (χ4n) is 3.69. The summed E-state index contributed by atoms with van der Waals surface area (Å²) in [6, 6.07) is 7.38. The number of hydrogen-bond donors (Lipinski definition) is 3. The number of Topliss-reactive ketones (excluding diaryl/α,β-unsaturated/α-hetero) is 1. The molecule has 28 heavy (non-hydrogen) atoms. The molecule has 3 atom stereocenters. The number of aliphatic hydroxyl groups excluding tert-OH is 1. The Kier molecular flexibility index (Phi) is 8.39. The van der Waals surface area contributed by atoms with E-state index in [2.05, 4.69) is 5.32 Å². The Bertz CT molecular complexity index is 710. The third-order valence-electron chi connectivity index (χ3n) is 5.13. The number of amides is 1. The largest absolute Gasteiger partial charge is 0.481 e. The number of aliphatic carboxylic acids is 1. The predicted octanol–water partition coefficient (Wildman–Crippen LogP) is 3.65. The van der Waals surface area contributed by atoms with Crippen LogP contribution in [0.2, 0.25) is 0 Å². The number of unbranched alkanes of at least 4 members (excludes halogenated alkanes) is 3. The number of aliphatic hydroxyl groups is 1. The third-order valence-corrected chi connectivity index (χ3v) is 5.13. The van der Waals surface area contributed by atoms with Crippen molar-refractivity contribution in [1.82, 2.24) is 0 Å². The zero-order valence-corrected chi connectivity index (χ0v) is 16.3. The highest BCUT2D eigenvalue weighted by atomic mass is 16.4. The van der Waals surface area contributed by atoms with Gasteiger partial charge >= 0.3 is 5.97 Å². The smallest absolute Gasteiger partial charge is 0.303 e. The first-order valence-electron chi connectivity index (χ1n) is 9.85.